The summed E-state index contributed by atoms with van der Waals surface area (Å²) in [6.07, 6.45) is 0. The van der Waals surface area contributed by atoms with E-state index in [1.54, 1.807) is 0 Å². The number of aryl methyl sites for hydroxylation is 1. The van der Waals surface area contributed by atoms with Crippen LogP contribution in [-0.2, 0) is 19.6 Å². The Morgan fingerprint density at radius 2 is 2.05 bits per heavy atom. The maximum Gasteiger partial charge on any atom is 0.229 e. The number of nitrogens with one attached hydrogen (secondary N) is 1. The lowest BCUT2D eigenvalue weighted by Gasteiger charge is -2.04. The second-order valence-corrected chi connectivity index (χ2v) is 5.40. The van der Waals surface area contributed by atoms with Crippen molar-refractivity contribution in [1.29, 1.82) is 0 Å². The van der Waals surface area contributed by atoms with E-state index in [1.807, 2.05) is 32.4 Å². The third-order valence-electron chi connectivity index (χ3n) is 3.41. The van der Waals surface area contributed by atoms with Crippen LogP contribution in [0, 0.1) is 13.8 Å². The zero-order chi connectivity index (χ0) is 15.4. The van der Waals surface area contributed by atoms with Crippen molar-refractivity contribution in [1.82, 2.24) is 25.2 Å². The van der Waals surface area contributed by atoms with Gasteiger partial charge in [0, 0.05) is 23.7 Å². The molecule has 0 aromatic carbocycles. The van der Waals surface area contributed by atoms with Crippen molar-refractivity contribution in [2.75, 3.05) is 6.61 Å². The van der Waals surface area contributed by atoms with Crippen molar-refractivity contribution in [3.05, 3.63) is 28.7 Å². The van der Waals surface area contributed by atoms with E-state index in [2.05, 4.69) is 20.6 Å². The van der Waals surface area contributed by atoms with Crippen LogP contribution in [0.15, 0.2) is 4.52 Å². The Morgan fingerprint density at radius 1 is 1.29 bits per heavy atom. The second kappa shape index (κ2) is 6.82. The number of hydrogen-bond acceptors (Lipinski definition) is 6. The molecule has 7 heteroatoms. The van der Waals surface area contributed by atoms with E-state index in [-0.39, 0.29) is 12.5 Å². The van der Waals surface area contributed by atoms with Crippen LogP contribution < -0.4 is 5.32 Å². The molecule has 0 fully saturated rings. The molecule has 0 bridgehead atoms. The Balaban J connectivity index is 1.93. The number of aliphatic hydroxyl groups excluding tert-OH is 1. The van der Waals surface area contributed by atoms with E-state index in [0.717, 1.165) is 17.0 Å². The van der Waals surface area contributed by atoms with E-state index in [4.69, 9.17) is 9.63 Å². The van der Waals surface area contributed by atoms with Gasteiger partial charge in [-0.05, 0) is 13.8 Å². The van der Waals surface area contributed by atoms with Crippen LogP contribution in [-0.4, -0.2) is 31.6 Å². The summed E-state index contributed by atoms with van der Waals surface area (Å²) in [5, 5.41) is 20.7. The van der Waals surface area contributed by atoms with Crippen LogP contribution in [0.25, 0.3) is 0 Å². The van der Waals surface area contributed by atoms with E-state index < -0.39 is 0 Å². The number of nitrogens with zero attached hydrogens (tertiary/aromatic N) is 4. The van der Waals surface area contributed by atoms with Gasteiger partial charge in [0.05, 0.1) is 25.4 Å². The van der Waals surface area contributed by atoms with E-state index in [0.29, 0.717) is 31.3 Å². The molecule has 0 aliphatic carbocycles. The van der Waals surface area contributed by atoms with Gasteiger partial charge in [-0.1, -0.05) is 19.0 Å². The summed E-state index contributed by atoms with van der Waals surface area (Å²) in [6.45, 7) is 9.89. The molecule has 7 nitrogen and oxygen atoms in total. The molecule has 2 N–H and O–H groups in total. The molecule has 0 unspecified atom stereocenters. The van der Waals surface area contributed by atoms with Gasteiger partial charge >= 0.3 is 0 Å². The maximum atomic E-state index is 9.01. The summed E-state index contributed by atoms with van der Waals surface area (Å²) in [5.41, 5.74) is 3.20. The first-order valence-electron chi connectivity index (χ1n) is 7.19. The van der Waals surface area contributed by atoms with Crippen molar-refractivity contribution in [3.63, 3.8) is 0 Å². The molecule has 2 aromatic heterocycles. The molecule has 116 valence electrons. The summed E-state index contributed by atoms with van der Waals surface area (Å²) in [4.78, 5) is 4.33. The minimum atomic E-state index is 0.0929. The topological polar surface area (TPSA) is 89.0 Å². The molecule has 2 rings (SSSR count). The predicted molar refractivity (Wildman–Crippen MR) is 77.7 cm³/mol. The minimum absolute atomic E-state index is 0.0929. The Labute approximate surface area is 124 Å². The Hall–Kier alpha value is -1.73. The quantitative estimate of drug-likeness (QED) is 0.799. The summed E-state index contributed by atoms with van der Waals surface area (Å²) in [6, 6.07) is 0. The standard InChI is InChI=1S/C14H23N5O2/c1-9(2)14-16-13(18-21-14)8-15-7-12-10(3)17-19(5-6-20)11(12)4/h9,15,20H,5-8H2,1-4H3. The third-order valence-corrected chi connectivity index (χ3v) is 3.41. The van der Waals surface area contributed by atoms with E-state index >= 15 is 0 Å². The van der Waals surface area contributed by atoms with E-state index in [9.17, 15) is 0 Å². The predicted octanol–water partition coefficient (Wildman–Crippen LogP) is 1.29. The van der Waals surface area contributed by atoms with Crippen LogP contribution >= 0.6 is 0 Å². The highest BCUT2D eigenvalue weighted by molar-refractivity contribution is 5.24. The van der Waals surface area contributed by atoms with Gasteiger partial charge in [0.15, 0.2) is 5.82 Å². The highest BCUT2D eigenvalue weighted by Crippen LogP contribution is 2.13. The maximum absolute atomic E-state index is 9.01. The van der Waals surface area contributed by atoms with Gasteiger partial charge in [-0.25, -0.2) is 0 Å². The van der Waals surface area contributed by atoms with Gasteiger partial charge < -0.3 is 14.9 Å². The van der Waals surface area contributed by atoms with Crippen LogP contribution in [0.5, 0.6) is 0 Å². The fourth-order valence-corrected chi connectivity index (χ4v) is 2.18. The normalized spacial score (nSPS) is 11.5. The monoisotopic (exact) mass is 293 g/mol. The van der Waals surface area contributed by atoms with Crippen LogP contribution in [0.1, 0.15) is 48.4 Å². The molecule has 21 heavy (non-hydrogen) atoms. The number of rotatable bonds is 7. The SMILES string of the molecule is Cc1nn(CCO)c(C)c1CNCc1noc(C(C)C)n1. The lowest BCUT2D eigenvalue weighted by Crippen LogP contribution is -2.15. The Bertz CT molecular complexity index is 588. The largest absolute Gasteiger partial charge is 0.394 e. The molecule has 0 atom stereocenters. The molecular weight excluding hydrogens is 270 g/mol. The van der Waals surface area contributed by atoms with Crippen LogP contribution in [0.4, 0.5) is 0 Å². The Morgan fingerprint density at radius 3 is 2.67 bits per heavy atom. The molecule has 0 spiro atoms. The van der Waals surface area contributed by atoms with Gasteiger partial charge in [0.25, 0.3) is 0 Å². The number of aliphatic hydroxyl groups is 1. The highest BCUT2D eigenvalue weighted by Gasteiger charge is 2.12. The number of hydrogen-bond donors (Lipinski definition) is 2. The second-order valence-electron chi connectivity index (χ2n) is 5.40. The molecule has 0 saturated heterocycles. The first kappa shape index (κ1) is 15.7. The Kier molecular flexibility index (Phi) is 5.08. The molecule has 0 aliphatic rings. The summed E-state index contributed by atoms with van der Waals surface area (Å²) >= 11 is 0. The average Bonchev–Trinajstić information content (AvgIpc) is 3.00. The van der Waals surface area contributed by atoms with Gasteiger partial charge in [0.2, 0.25) is 5.89 Å². The molecule has 0 radical (unpaired) electrons. The van der Waals surface area contributed by atoms with Gasteiger partial charge in [-0.2, -0.15) is 10.1 Å². The van der Waals surface area contributed by atoms with Crippen LogP contribution in [0.2, 0.25) is 0 Å². The van der Waals surface area contributed by atoms with Crippen molar-refractivity contribution in [2.45, 2.75) is 53.2 Å². The number of aromatic nitrogens is 4. The molecule has 0 saturated carbocycles. The summed E-state index contributed by atoms with van der Waals surface area (Å²) in [5.74, 6) is 1.57. The van der Waals surface area contributed by atoms with Gasteiger partial charge in [-0.15, -0.1) is 0 Å². The zero-order valence-electron chi connectivity index (χ0n) is 13.1. The molecule has 0 aliphatic heterocycles. The van der Waals surface area contributed by atoms with Crippen molar-refractivity contribution in [2.24, 2.45) is 0 Å². The fourth-order valence-electron chi connectivity index (χ4n) is 2.18. The van der Waals surface area contributed by atoms with Gasteiger partial charge in [0.1, 0.15) is 0 Å². The minimum Gasteiger partial charge on any atom is -0.394 e. The van der Waals surface area contributed by atoms with Crippen LogP contribution in [0.3, 0.4) is 0 Å². The molecule has 0 amide bonds. The third kappa shape index (κ3) is 3.68. The summed E-state index contributed by atoms with van der Waals surface area (Å²) in [7, 11) is 0. The first-order chi connectivity index (χ1) is 10.0. The van der Waals surface area contributed by atoms with Crippen molar-refractivity contribution in [3.8, 4) is 0 Å². The first-order valence-corrected chi connectivity index (χ1v) is 7.19. The van der Waals surface area contributed by atoms with Crippen molar-refractivity contribution >= 4 is 0 Å². The van der Waals surface area contributed by atoms with Gasteiger partial charge in [-0.3, -0.25) is 4.68 Å². The smallest absolute Gasteiger partial charge is 0.229 e. The molecular formula is C14H23N5O2. The highest BCUT2D eigenvalue weighted by atomic mass is 16.5. The average molecular weight is 293 g/mol. The zero-order valence-corrected chi connectivity index (χ0v) is 13.1. The molecule has 2 aromatic rings. The lowest BCUT2D eigenvalue weighted by molar-refractivity contribution is 0.267. The fraction of sp³-hybridized carbons (Fsp3) is 0.643. The summed E-state index contributed by atoms with van der Waals surface area (Å²) < 4.78 is 7.00. The van der Waals surface area contributed by atoms with E-state index in [1.165, 1.54) is 0 Å². The molecule has 2 heterocycles. The van der Waals surface area contributed by atoms with Crippen molar-refractivity contribution < 1.29 is 9.63 Å². The lowest BCUT2D eigenvalue weighted by atomic mass is 10.2.